The molecule has 0 atom stereocenters. The molecule has 0 bridgehead atoms. The first-order valence-electron chi connectivity index (χ1n) is 2.11. The highest BCUT2D eigenvalue weighted by atomic mass is 127. The summed E-state index contributed by atoms with van der Waals surface area (Å²) in [7, 11) is 0. The van der Waals surface area contributed by atoms with Crippen molar-refractivity contribution in [2.45, 2.75) is 6.92 Å². The molecule has 0 fully saturated rings. The van der Waals surface area contributed by atoms with Gasteiger partial charge in [-0.3, -0.25) is 0 Å². The highest BCUT2D eigenvalue weighted by Gasteiger charge is 1.96. The molecule has 8 heavy (non-hydrogen) atoms. The van der Waals surface area contributed by atoms with Gasteiger partial charge in [-0.05, 0) is 51.5 Å². The maximum absolute atomic E-state index is 3.42. The van der Waals surface area contributed by atoms with Crippen LogP contribution in [0.4, 0.5) is 0 Å². The smallest absolute Gasteiger partial charge is 0.0667 e. The van der Waals surface area contributed by atoms with E-state index in [-0.39, 0.29) is 0 Å². The Morgan fingerprint density at radius 3 is 2.50 bits per heavy atom. The molecule has 1 heterocycles. The Balaban J connectivity index is 3.14. The second-order valence-corrected chi connectivity index (χ2v) is 5.46. The van der Waals surface area contributed by atoms with Crippen molar-refractivity contribution in [3.63, 3.8) is 0 Å². The fraction of sp³-hybridized carbons (Fsp3) is 0.200. The third-order valence-electron chi connectivity index (χ3n) is 0.827. The minimum Gasteiger partial charge on any atom is -0.133 e. The SMILES string of the molecule is Cc1sc(I)cc1Br. The molecular formula is C5H4BrIS. The van der Waals surface area contributed by atoms with Gasteiger partial charge in [-0.1, -0.05) is 0 Å². The molecule has 0 N–H and O–H groups in total. The van der Waals surface area contributed by atoms with Crippen LogP contribution in [0.1, 0.15) is 4.88 Å². The Morgan fingerprint density at radius 1 is 1.75 bits per heavy atom. The maximum atomic E-state index is 3.42. The number of aryl methyl sites for hydroxylation is 1. The van der Waals surface area contributed by atoms with E-state index in [0.717, 1.165) is 0 Å². The van der Waals surface area contributed by atoms with E-state index in [0.29, 0.717) is 0 Å². The van der Waals surface area contributed by atoms with E-state index < -0.39 is 0 Å². The van der Waals surface area contributed by atoms with Crippen LogP contribution in [0, 0.1) is 9.81 Å². The molecule has 0 aromatic carbocycles. The van der Waals surface area contributed by atoms with Crippen LogP contribution in [-0.4, -0.2) is 0 Å². The lowest BCUT2D eigenvalue weighted by atomic mass is 10.5. The van der Waals surface area contributed by atoms with E-state index >= 15 is 0 Å². The Bertz CT molecular complexity index is 175. The van der Waals surface area contributed by atoms with Gasteiger partial charge in [0.05, 0.1) is 2.88 Å². The zero-order chi connectivity index (χ0) is 6.15. The lowest BCUT2D eigenvalue weighted by Crippen LogP contribution is -1.53. The first-order chi connectivity index (χ1) is 3.70. The van der Waals surface area contributed by atoms with Gasteiger partial charge in [0.2, 0.25) is 0 Å². The molecule has 0 amide bonds. The molecule has 0 saturated carbocycles. The van der Waals surface area contributed by atoms with Crippen molar-refractivity contribution in [2.24, 2.45) is 0 Å². The molecule has 0 aliphatic heterocycles. The summed E-state index contributed by atoms with van der Waals surface area (Å²) in [4.78, 5) is 1.36. The van der Waals surface area contributed by atoms with Crippen LogP contribution in [0.25, 0.3) is 0 Å². The van der Waals surface area contributed by atoms with E-state index in [9.17, 15) is 0 Å². The highest BCUT2D eigenvalue weighted by Crippen LogP contribution is 2.26. The standard InChI is InChI=1S/C5H4BrIS/c1-3-4(6)2-5(7)8-3/h2H,1H3. The molecular weight excluding hydrogens is 299 g/mol. The molecule has 0 spiro atoms. The maximum Gasteiger partial charge on any atom is 0.0667 e. The van der Waals surface area contributed by atoms with Gasteiger partial charge in [0.25, 0.3) is 0 Å². The average molecular weight is 303 g/mol. The summed E-state index contributed by atoms with van der Waals surface area (Å²) in [6.45, 7) is 2.11. The van der Waals surface area contributed by atoms with Gasteiger partial charge in [-0.25, -0.2) is 0 Å². The van der Waals surface area contributed by atoms with Gasteiger partial charge in [0.15, 0.2) is 0 Å². The second-order valence-electron chi connectivity index (χ2n) is 1.45. The molecule has 1 aromatic rings. The van der Waals surface area contributed by atoms with Crippen molar-refractivity contribution < 1.29 is 0 Å². The van der Waals surface area contributed by atoms with Crippen LogP contribution in [-0.2, 0) is 0 Å². The predicted molar refractivity (Wildman–Crippen MR) is 49.5 cm³/mol. The van der Waals surface area contributed by atoms with Crippen molar-refractivity contribution in [3.8, 4) is 0 Å². The van der Waals surface area contributed by atoms with Crippen molar-refractivity contribution in [2.75, 3.05) is 0 Å². The van der Waals surface area contributed by atoms with Crippen molar-refractivity contribution in [1.29, 1.82) is 0 Å². The zero-order valence-electron chi connectivity index (χ0n) is 4.24. The fourth-order valence-electron chi connectivity index (χ4n) is 0.426. The molecule has 0 radical (unpaired) electrons. The Kier molecular flexibility index (Phi) is 2.34. The van der Waals surface area contributed by atoms with Crippen LogP contribution in [0.5, 0.6) is 0 Å². The monoisotopic (exact) mass is 302 g/mol. The Hall–Kier alpha value is 0.910. The van der Waals surface area contributed by atoms with E-state index in [4.69, 9.17) is 0 Å². The van der Waals surface area contributed by atoms with Crippen LogP contribution < -0.4 is 0 Å². The van der Waals surface area contributed by atoms with Crippen molar-refractivity contribution in [3.05, 3.63) is 18.3 Å². The molecule has 0 saturated heterocycles. The fourth-order valence-corrected chi connectivity index (χ4v) is 3.40. The summed E-state index contributed by atoms with van der Waals surface area (Å²) in [6, 6.07) is 2.13. The van der Waals surface area contributed by atoms with Gasteiger partial charge in [0.1, 0.15) is 0 Å². The van der Waals surface area contributed by atoms with Crippen LogP contribution in [0.2, 0.25) is 0 Å². The van der Waals surface area contributed by atoms with E-state index in [2.05, 4.69) is 51.5 Å². The number of thiophene rings is 1. The summed E-state index contributed by atoms with van der Waals surface area (Å²) in [5.74, 6) is 0. The van der Waals surface area contributed by atoms with Crippen LogP contribution >= 0.6 is 49.9 Å². The third kappa shape index (κ3) is 1.45. The van der Waals surface area contributed by atoms with Gasteiger partial charge in [0, 0.05) is 9.35 Å². The summed E-state index contributed by atoms with van der Waals surface area (Å²) in [5.41, 5.74) is 0. The van der Waals surface area contributed by atoms with E-state index in [1.807, 2.05) is 11.3 Å². The largest absolute Gasteiger partial charge is 0.133 e. The number of hydrogen-bond acceptors (Lipinski definition) is 1. The van der Waals surface area contributed by atoms with Crippen LogP contribution in [0.3, 0.4) is 0 Å². The predicted octanol–water partition coefficient (Wildman–Crippen LogP) is 3.42. The van der Waals surface area contributed by atoms with Gasteiger partial charge < -0.3 is 0 Å². The topological polar surface area (TPSA) is 0 Å². The van der Waals surface area contributed by atoms with Gasteiger partial charge in [-0.15, -0.1) is 11.3 Å². The third-order valence-corrected chi connectivity index (χ3v) is 3.72. The number of hydrogen-bond donors (Lipinski definition) is 0. The van der Waals surface area contributed by atoms with Gasteiger partial charge >= 0.3 is 0 Å². The minimum atomic E-state index is 1.23. The average Bonchev–Trinajstić information content (AvgIpc) is 1.85. The molecule has 1 rings (SSSR count). The lowest BCUT2D eigenvalue weighted by Gasteiger charge is -1.77. The number of halogens is 2. The van der Waals surface area contributed by atoms with E-state index in [1.165, 1.54) is 12.2 Å². The minimum absolute atomic E-state index is 1.23. The summed E-state index contributed by atoms with van der Waals surface area (Å²) >= 11 is 7.55. The molecule has 1 aromatic heterocycles. The summed E-state index contributed by atoms with van der Waals surface area (Å²) in [5, 5.41) is 0. The Labute approximate surface area is 74.6 Å². The second kappa shape index (κ2) is 2.66. The molecule has 3 heteroatoms. The molecule has 0 aliphatic rings. The van der Waals surface area contributed by atoms with Crippen molar-refractivity contribution in [1.82, 2.24) is 0 Å². The summed E-state index contributed by atoms with van der Waals surface area (Å²) < 4.78 is 2.57. The van der Waals surface area contributed by atoms with E-state index in [1.54, 1.807) is 0 Å². The molecule has 0 nitrogen and oxygen atoms in total. The Morgan fingerprint density at radius 2 is 2.38 bits per heavy atom. The first kappa shape index (κ1) is 7.02. The van der Waals surface area contributed by atoms with Crippen LogP contribution in [0.15, 0.2) is 10.5 Å². The highest BCUT2D eigenvalue weighted by molar-refractivity contribution is 14.1. The first-order valence-corrected chi connectivity index (χ1v) is 4.80. The quantitative estimate of drug-likeness (QED) is 0.644. The molecule has 44 valence electrons. The number of rotatable bonds is 0. The normalized spacial score (nSPS) is 9.88. The zero-order valence-corrected chi connectivity index (χ0v) is 8.80. The summed E-state index contributed by atoms with van der Waals surface area (Å²) in [6.07, 6.45) is 0. The molecule has 0 unspecified atom stereocenters. The van der Waals surface area contributed by atoms with Gasteiger partial charge in [-0.2, -0.15) is 0 Å². The molecule has 0 aliphatic carbocycles. The van der Waals surface area contributed by atoms with Crippen molar-refractivity contribution >= 4 is 49.9 Å². The lowest BCUT2D eigenvalue weighted by molar-refractivity contribution is 1.59.